The van der Waals surface area contributed by atoms with Crippen molar-refractivity contribution in [3.05, 3.63) is 119 Å². The lowest BCUT2D eigenvalue weighted by atomic mass is 9.98. The average molecular weight is 1180 g/mol. The SMILES string of the molecule is CNC(=O)CCCCCCCCCCNC(=O)CN(CCNC(=O)CN(CCNC(C)=O)C(=O)CCCCCNCCC(=O)OCC1c2ccccc2-c2ccccc21)C(=O)CCCCCNCCC(=O)OCC1c2ccccc2-c2ccccc21. The maximum Gasteiger partial charge on any atom is 0.307 e. The van der Waals surface area contributed by atoms with E-state index in [4.69, 9.17) is 9.47 Å². The fraction of sp³-hybridized carbons (Fsp3) is 0.529. The Bertz CT molecular complexity index is 2720. The quantitative estimate of drug-likeness (QED) is 0.0183. The van der Waals surface area contributed by atoms with Crippen LogP contribution in [-0.2, 0) is 47.8 Å². The molecule has 0 saturated heterocycles. The first-order chi connectivity index (χ1) is 41.9. The van der Waals surface area contributed by atoms with E-state index in [1.54, 1.807) is 7.05 Å². The van der Waals surface area contributed by atoms with Crippen molar-refractivity contribution < 1.29 is 47.8 Å². The van der Waals surface area contributed by atoms with Gasteiger partial charge in [-0.3, -0.25) is 38.4 Å². The minimum atomic E-state index is -0.423. The second-order valence-electron chi connectivity index (χ2n) is 22.5. The van der Waals surface area contributed by atoms with Crippen molar-refractivity contribution in [2.24, 2.45) is 0 Å². The Hall–Kier alpha value is -7.44. The molecule has 0 atom stereocenters. The van der Waals surface area contributed by atoms with Crippen molar-refractivity contribution in [1.29, 1.82) is 0 Å². The van der Waals surface area contributed by atoms with Gasteiger partial charge in [-0.15, -0.1) is 0 Å². The number of carbonyl (C=O) groups excluding carboxylic acids is 8. The van der Waals surface area contributed by atoms with Crippen LogP contribution in [0.2, 0.25) is 0 Å². The summed E-state index contributed by atoms with van der Waals surface area (Å²) in [7, 11) is 1.66. The predicted octanol–water partition coefficient (Wildman–Crippen LogP) is 8.06. The van der Waals surface area contributed by atoms with E-state index < -0.39 is 5.91 Å². The van der Waals surface area contributed by atoms with E-state index in [0.29, 0.717) is 52.0 Å². The molecule has 0 bridgehead atoms. The summed E-state index contributed by atoms with van der Waals surface area (Å²) >= 11 is 0. The van der Waals surface area contributed by atoms with E-state index in [1.165, 1.54) is 61.2 Å². The normalized spacial score (nSPS) is 12.1. The molecule has 6 N–H and O–H groups in total. The second-order valence-corrected chi connectivity index (χ2v) is 22.5. The lowest BCUT2D eigenvalue weighted by molar-refractivity contribution is -0.144. The van der Waals surface area contributed by atoms with Crippen LogP contribution in [0.3, 0.4) is 0 Å². The van der Waals surface area contributed by atoms with Crippen molar-refractivity contribution in [2.45, 2.75) is 141 Å². The first-order valence-corrected chi connectivity index (χ1v) is 31.6. The number of nitrogens with zero attached hydrogens (tertiary/aromatic N) is 2. The summed E-state index contributed by atoms with van der Waals surface area (Å²) in [6, 6.07) is 33.0. The molecule has 0 heterocycles. The highest BCUT2D eigenvalue weighted by atomic mass is 16.5. The number of benzene rings is 4. The van der Waals surface area contributed by atoms with Gasteiger partial charge >= 0.3 is 11.9 Å². The lowest BCUT2D eigenvalue weighted by Crippen LogP contribution is -2.47. The summed E-state index contributed by atoms with van der Waals surface area (Å²) in [6.07, 6.45) is 13.8. The molecule has 0 aliphatic heterocycles. The highest BCUT2D eigenvalue weighted by Crippen LogP contribution is 2.45. The summed E-state index contributed by atoms with van der Waals surface area (Å²) in [5.41, 5.74) is 9.41. The molecular weight excluding hydrogens is 1090 g/mol. The summed E-state index contributed by atoms with van der Waals surface area (Å²) in [5, 5.41) is 17.8. The number of nitrogens with one attached hydrogen (secondary N) is 6. The Balaban J connectivity index is 0.864. The van der Waals surface area contributed by atoms with E-state index in [9.17, 15) is 38.4 Å². The van der Waals surface area contributed by atoms with Crippen molar-refractivity contribution in [3.63, 3.8) is 0 Å². The zero-order valence-corrected chi connectivity index (χ0v) is 51.0. The van der Waals surface area contributed by atoms with Crippen LogP contribution in [0.1, 0.15) is 163 Å². The molecule has 0 unspecified atom stereocenters. The zero-order chi connectivity index (χ0) is 61.1. The topological polar surface area (TPSA) is 234 Å². The van der Waals surface area contributed by atoms with E-state index in [1.807, 2.05) is 48.5 Å². The van der Waals surface area contributed by atoms with Gasteiger partial charge in [0.15, 0.2) is 0 Å². The number of hydrogen-bond donors (Lipinski definition) is 6. The fourth-order valence-electron chi connectivity index (χ4n) is 11.3. The molecule has 2 aliphatic carbocycles. The van der Waals surface area contributed by atoms with Gasteiger partial charge in [-0.05, 0) is 96.1 Å². The summed E-state index contributed by atoms with van der Waals surface area (Å²) in [5.74, 6) is -1.79. The molecular formula is C68H94N8O10. The molecule has 4 aromatic rings. The molecule has 18 nitrogen and oxygen atoms in total. The number of fused-ring (bicyclic) bond motifs is 6. The Kier molecular flexibility index (Phi) is 30.4. The number of hydrogen-bond acceptors (Lipinski definition) is 12. The monoisotopic (exact) mass is 1180 g/mol. The number of unbranched alkanes of at least 4 members (excludes halogenated alkanes) is 11. The van der Waals surface area contributed by atoms with Crippen molar-refractivity contribution in [3.8, 4) is 22.3 Å². The van der Waals surface area contributed by atoms with Gasteiger partial charge in [0.2, 0.25) is 35.4 Å². The predicted molar refractivity (Wildman–Crippen MR) is 335 cm³/mol. The van der Waals surface area contributed by atoms with Crippen LogP contribution >= 0.6 is 0 Å². The van der Waals surface area contributed by atoms with Crippen LogP contribution in [0.5, 0.6) is 0 Å². The van der Waals surface area contributed by atoms with Crippen LogP contribution in [-0.4, -0.2) is 149 Å². The largest absolute Gasteiger partial charge is 0.465 e. The molecule has 0 aromatic heterocycles. The molecule has 6 amide bonds. The number of esters is 2. The zero-order valence-electron chi connectivity index (χ0n) is 51.0. The highest BCUT2D eigenvalue weighted by Gasteiger charge is 2.31. The van der Waals surface area contributed by atoms with Crippen LogP contribution in [0.25, 0.3) is 22.3 Å². The van der Waals surface area contributed by atoms with Gasteiger partial charge in [-0.25, -0.2) is 0 Å². The number of rotatable bonds is 43. The first kappa shape index (κ1) is 67.7. The average Bonchev–Trinajstić information content (AvgIpc) is 1.75. The van der Waals surface area contributed by atoms with E-state index >= 15 is 0 Å². The van der Waals surface area contributed by atoms with E-state index in [0.717, 1.165) is 77.0 Å². The number of carbonyl (C=O) groups is 8. The minimum Gasteiger partial charge on any atom is -0.465 e. The molecule has 4 aromatic carbocycles. The smallest absolute Gasteiger partial charge is 0.307 e. The maximum atomic E-state index is 13.7. The van der Waals surface area contributed by atoms with E-state index in [-0.39, 0.29) is 131 Å². The molecule has 18 heteroatoms. The highest BCUT2D eigenvalue weighted by molar-refractivity contribution is 5.86. The minimum absolute atomic E-state index is 0.0101. The van der Waals surface area contributed by atoms with Crippen LogP contribution in [0, 0.1) is 0 Å². The summed E-state index contributed by atoms with van der Waals surface area (Å²) < 4.78 is 11.5. The molecule has 0 spiro atoms. The van der Waals surface area contributed by atoms with Crippen LogP contribution in [0.15, 0.2) is 97.1 Å². The Morgan fingerprint density at radius 1 is 0.384 bits per heavy atom. The van der Waals surface area contributed by atoms with Crippen LogP contribution < -0.4 is 31.9 Å². The second kappa shape index (κ2) is 38.6. The van der Waals surface area contributed by atoms with Gasteiger partial charge < -0.3 is 51.2 Å². The van der Waals surface area contributed by atoms with E-state index in [2.05, 4.69) is 80.4 Å². The van der Waals surface area contributed by atoms with Crippen molar-refractivity contribution in [2.75, 3.05) is 92.3 Å². The molecule has 0 radical (unpaired) electrons. The standard InChI is InChI=1S/C68H94N8O10/c1-51(77)72-43-45-75(65(81)34-12-9-22-38-70-41-36-67(83)85-49-60-56-29-18-14-25-52(56)53-26-15-19-30-57(53)60)48-64(80)74-44-46-76(47-63(79)73-40-24-8-6-4-3-5-7-11-33-62(78)69-2)66(82)35-13-10-23-39-71-42-37-68(84)86-50-61-58-31-20-16-27-54(58)55-28-17-21-32-59(55)61/h14-21,25-32,60-61,70-71H,3-13,22-24,33-50H2,1-2H3,(H,69,78)(H,72,77)(H,73,79)(H,74,80). The molecule has 86 heavy (non-hydrogen) atoms. The van der Waals surface area contributed by atoms with Crippen molar-refractivity contribution in [1.82, 2.24) is 41.7 Å². The van der Waals surface area contributed by atoms with Crippen molar-refractivity contribution >= 4 is 47.4 Å². The van der Waals surface area contributed by atoms with Crippen LogP contribution in [0.4, 0.5) is 0 Å². The molecule has 2 aliphatic rings. The number of amides is 6. The summed E-state index contributed by atoms with van der Waals surface area (Å²) in [4.78, 5) is 105. The third kappa shape index (κ3) is 23.4. The number of ether oxygens (including phenoxy) is 2. The first-order valence-electron chi connectivity index (χ1n) is 31.6. The molecule has 466 valence electrons. The summed E-state index contributed by atoms with van der Waals surface area (Å²) in [6.45, 7) is 4.83. The fourth-order valence-corrected chi connectivity index (χ4v) is 11.3. The van der Waals surface area contributed by atoms with Gasteiger partial charge in [0.05, 0.1) is 25.9 Å². The van der Waals surface area contributed by atoms with Gasteiger partial charge in [-0.2, -0.15) is 0 Å². The van der Waals surface area contributed by atoms with Gasteiger partial charge in [0.1, 0.15) is 13.2 Å². The molecule has 0 fully saturated rings. The Morgan fingerprint density at radius 2 is 0.733 bits per heavy atom. The Labute approximate surface area is 509 Å². The molecule has 0 saturated carbocycles. The van der Waals surface area contributed by atoms with Gasteiger partial charge in [-0.1, -0.05) is 148 Å². The third-order valence-corrected chi connectivity index (χ3v) is 16.0. The van der Waals surface area contributed by atoms with Gasteiger partial charge in [0.25, 0.3) is 0 Å². The Morgan fingerprint density at radius 3 is 1.15 bits per heavy atom. The molecule has 6 rings (SSSR count). The third-order valence-electron chi connectivity index (χ3n) is 16.0. The lowest BCUT2D eigenvalue weighted by Gasteiger charge is -2.24. The maximum absolute atomic E-state index is 13.7. The van der Waals surface area contributed by atoms with Gasteiger partial charge in [0, 0.05) is 90.9 Å².